The third-order valence-corrected chi connectivity index (χ3v) is 5.47. The number of aliphatic hydroxyl groups is 1. The molecular formula is C18H27NO2. The van der Waals surface area contributed by atoms with Crippen LogP contribution in [-0.4, -0.2) is 28.4 Å². The van der Waals surface area contributed by atoms with Crippen molar-refractivity contribution in [1.82, 2.24) is 5.32 Å². The number of hydrogen-bond acceptors (Lipinski definition) is 3. The first-order chi connectivity index (χ1) is 10.2. The Labute approximate surface area is 127 Å². The van der Waals surface area contributed by atoms with Crippen LogP contribution in [0.3, 0.4) is 0 Å². The first-order valence-electron chi connectivity index (χ1n) is 8.38. The van der Waals surface area contributed by atoms with E-state index in [1.165, 1.54) is 44.1 Å². The molecule has 0 saturated heterocycles. The molecule has 0 heterocycles. The Balaban J connectivity index is 1.54. The largest absolute Gasteiger partial charge is 0.508 e. The molecule has 2 saturated carbocycles. The quantitative estimate of drug-likeness (QED) is 0.797. The van der Waals surface area contributed by atoms with Gasteiger partial charge in [0.1, 0.15) is 5.75 Å². The molecule has 0 radical (unpaired) electrons. The number of rotatable bonds is 4. The van der Waals surface area contributed by atoms with Crippen LogP contribution in [0.2, 0.25) is 0 Å². The van der Waals surface area contributed by atoms with E-state index in [9.17, 15) is 10.2 Å². The molecule has 2 fully saturated rings. The van der Waals surface area contributed by atoms with Crippen molar-refractivity contribution < 1.29 is 10.2 Å². The van der Waals surface area contributed by atoms with Gasteiger partial charge in [-0.15, -0.1) is 0 Å². The van der Waals surface area contributed by atoms with Gasteiger partial charge in [0.25, 0.3) is 0 Å². The highest BCUT2D eigenvalue weighted by Gasteiger charge is 2.36. The zero-order valence-electron chi connectivity index (χ0n) is 12.7. The van der Waals surface area contributed by atoms with E-state index in [4.69, 9.17) is 0 Å². The topological polar surface area (TPSA) is 52.5 Å². The Hall–Kier alpha value is -1.06. The summed E-state index contributed by atoms with van der Waals surface area (Å²) in [6.45, 7) is 0.283. The second kappa shape index (κ2) is 6.37. The van der Waals surface area contributed by atoms with Crippen molar-refractivity contribution in [3.8, 4) is 5.75 Å². The van der Waals surface area contributed by atoms with Gasteiger partial charge in [-0.1, -0.05) is 25.0 Å². The Morgan fingerprint density at radius 1 is 1.00 bits per heavy atom. The normalized spacial score (nSPS) is 28.6. The van der Waals surface area contributed by atoms with Crippen molar-refractivity contribution in [3.05, 3.63) is 29.8 Å². The lowest BCUT2D eigenvalue weighted by Crippen LogP contribution is -2.52. The predicted octanol–water partition coefficient (Wildman–Crippen LogP) is 3.31. The zero-order valence-corrected chi connectivity index (χ0v) is 12.7. The first-order valence-corrected chi connectivity index (χ1v) is 8.38. The summed E-state index contributed by atoms with van der Waals surface area (Å²) >= 11 is 0. The lowest BCUT2D eigenvalue weighted by molar-refractivity contribution is 0.139. The van der Waals surface area contributed by atoms with Gasteiger partial charge >= 0.3 is 0 Å². The minimum atomic E-state index is 0.00996. The number of aromatic hydroxyl groups is 1. The van der Waals surface area contributed by atoms with Gasteiger partial charge in [-0.05, 0) is 62.1 Å². The molecule has 1 aromatic rings. The molecule has 0 spiro atoms. The van der Waals surface area contributed by atoms with Crippen LogP contribution in [0, 0.1) is 0 Å². The minimum Gasteiger partial charge on any atom is -0.508 e. The number of hydrogen-bond donors (Lipinski definition) is 3. The van der Waals surface area contributed by atoms with Gasteiger partial charge in [-0.2, -0.15) is 0 Å². The molecule has 116 valence electrons. The molecule has 21 heavy (non-hydrogen) atoms. The summed E-state index contributed by atoms with van der Waals surface area (Å²) in [7, 11) is 0. The van der Waals surface area contributed by atoms with Gasteiger partial charge in [0.15, 0.2) is 0 Å². The molecule has 0 aromatic heterocycles. The number of phenolic OH excluding ortho intramolecular Hbond substituents is 1. The Morgan fingerprint density at radius 2 is 1.62 bits per heavy atom. The molecule has 3 heteroatoms. The second-order valence-corrected chi connectivity index (χ2v) is 6.93. The minimum absolute atomic E-state index is 0.00996. The van der Waals surface area contributed by atoms with Crippen LogP contribution in [0.5, 0.6) is 5.75 Å². The highest BCUT2D eigenvalue weighted by molar-refractivity contribution is 5.28. The number of nitrogens with one attached hydrogen (secondary N) is 1. The van der Waals surface area contributed by atoms with Crippen molar-refractivity contribution in [1.29, 1.82) is 0 Å². The molecule has 0 atom stereocenters. The van der Waals surface area contributed by atoms with E-state index in [0.29, 0.717) is 17.7 Å². The van der Waals surface area contributed by atoms with Crippen molar-refractivity contribution in [2.75, 3.05) is 6.61 Å². The molecular weight excluding hydrogens is 262 g/mol. The first kappa shape index (κ1) is 14.9. The SMILES string of the molecule is OCC1(NC2CCC(c3ccc(O)cc3)CC2)CCCC1. The molecule has 3 nitrogen and oxygen atoms in total. The molecule has 0 unspecified atom stereocenters. The lowest BCUT2D eigenvalue weighted by Gasteiger charge is -2.37. The van der Waals surface area contributed by atoms with E-state index in [1.54, 1.807) is 12.1 Å². The third-order valence-electron chi connectivity index (χ3n) is 5.47. The number of aliphatic hydroxyl groups excluding tert-OH is 1. The molecule has 0 aliphatic heterocycles. The van der Waals surface area contributed by atoms with Gasteiger partial charge < -0.3 is 15.5 Å². The van der Waals surface area contributed by atoms with Crippen molar-refractivity contribution in [2.24, 2.45) is 0 Å². The van der Waals surface area contributed by atoms with Crippen LogP contribution in [0.25, 0.3) is 0 Å². The van der Waals surface area contributed by atoms with Gasteiger partial charge in [0, 0.05) is 11.6 Å². The summed E-state index contributed by atoms with van der Waals surface area (Å²) in [5.74, 6) is 0.970. The van der Waals surface area contributed by atoms with Crippen molar-refractivity contribution in [3.63, 3.8) is 0 Å². The van der Waals surface area contributed by atoms with E-state index in [2.05, 4.69) is 17.4 Å². The Morgan fingerprint density at radius 3 is 2.19 bits per heavy atom. The van der Waals surface area contributed by atoms with Crippen LogP contribution < -0.4 is 5.32 Å². The predicted molar refractivity (Wildman–Crippen MR) is 84.5 cm³/mol. The van der Waals surface area contributed by atoms with Crippen LogP contribution in [0.1, 0.15) is 62.8 Å². The van der Waals surface area contributed by atoms with Gasteiger partial charge in [-0.25, -0.2) is 0 Å². The van der Waals surface area contributed by atoms with E-state index in [-0.39, 0.29) is 12.1 Å². The molecule has 2 aliphatic rings. The van der Waals surface area contributed by atoms with E-state index < -0.39 is 0 Å². The molecule has 3 rings (SSSR count). The number of phenols is 1. The maximum Gasteiger partial charge on any atom is 0.115 e. The zero-order chi connectivity index (χ0) is 14.7. The second-order valence-electron chi connectivity index (χ2n) is 6.93. The van der Waals surface area contributed by atoms with Crippen LogP contribution in [0.4, 0.5) is 0 Å². The maximum atomic E-state index is 9.72. The van der Waals surface area contributed by atoms with Crippen LogP contribution in [-0.2, 0) is 0 Å². The highest BCUT2D eigenvalue weighted by Crippen LogP contribution is 2.36. The average molecular weight is 289 g/mol. The van der Waals surface area contributed by atoms with E-state index in [0.717, 1.165) is 12.8 Å². The van der Waals surface area contributed by atoms with Gasteiger partial charge in [0.2, 0.25) is 0 Å². The summed E-state index contributed by atoms with van der Waals surface area (Å²) in [4.78, 5) is 0. The van der Waals surface area contributed by atoms with Crippen LogP contribution in [0.15, 0.2) is 24.3 Å². The standard InChI is InChI=1S/C18H27NO2/c20-13-18(11-1-2-12-18)19-16-7-3-14(4-8-16)15-5-9-17(21)10-6-15/h5-6,9-10,14,16,19-21H,1-4,7-8,11-13H2. The summed E-state index contributed by atoms with van der Waals surface area (Å²) in [5, 5.41) is 22.9. The van der Waals surface area contributed by atoms with Crippen LogP contribution >= 0.6 is 0 Å². The van der Waals surface area contributed by atoms with Crippen molar-refractivity contribution >= 4 is 0 Å². The van der Waals surface area contributed by atoms with E-state index >= 15 is 0 Å². The third kappa shape index (κ3) is 3.41. The monoisotopic (exact) mass is 289 g/mol. The fourth-order valence-corrected chi connectivity index (χ4v) is 4.15. The van der Waals surface area contributed by atoms with Gasteiger partial charge in [0.05, 0.1) is 6.61 Å². The lowest BCUT2D eigenvalue weighted by atomic mass is 9.80. The highest BCUT2D eigenvalue weighted by atomic mass is 16.3. The van der Waals surface area contributed by atoms with E-state index in [1.807, 2.05) is 0 Å². The summed E-state index contributed by atoms with van der Waals surface area (Å²) in [6.07, 6.45) is 9.52. The molecule has 0 amide bonds. The van der Waals surface area contributed by atoms with Crippen molar-refractivity contribution in [2.45, 2.75) is 68.9 Å². The number of benzene rings is 1. The molecule has 3 N–H and O–H groups in total. The fraction of sp³-hybridized carbons (Fsp3) is 0.667. The molecule has 2 aliphatic carbocycles. The smallest absolute Gasteiger partial charge is 0.115 e. The summed E-state index contributed by atoms with van der Waals surface area (Å²) in [5.41, 5.74) is 1.36. The van der Waals surface area contributed by atoms with Gasteiger partial charge in [-0.3, -0.25) is 0 Å². The maximum absolute atomic E-state index is 9.72. The summed E-state index contributed by atoms with van der Waals surface area (Å²) in [6, 6.07) is 8.25. The Bertz CT molecular complexity index is 443. The average Bonchev–Trinajstić information content (AvgIpc) is 2.98. The Kier molecular flexibility index (Phi) is 4.51. The molecule has 1 aromatic carbocycles. The fourth-order valence-electron chi connectivity index (χ4n) is 4.15. The summed E-state index contributed by atoms with van der Waals surface area (Å²) < 4.78 is 0. The molecule has 0 bridgehead atoms.